The molecule has 0 atom stereocenters. The Morgan fingerprint density at radius 3 is 2.25 bits per heavy atom. The highest BCUT2D eigenvalue weighted by Gasteiger charge is 2.08. The minimum Gasteiger partial charge on any atom is -0.386 e. The summed E-state index contributed by atoms with van der Waals surface area (Å²) in [4.78, 5) is 0. The van der Waals surface area contributed by atoms with Crippen LogP contribution in [-0.2, 0) is 0 Å². The number of anilines is 1. The van der Waals surface area contributed by atoms with Crippen LogP contribution >= 0.6 is 0 Å². The van der Waals surface area contributed by atoms with Gasteiger partial charge in [0.15, 0.2) is 5.82 Å². The largest absolute Gasteiger partial charge is 0.386 e. The van der Waals surface area contributed by atoms with Gasteiger partial charge in [-0.15, -0.1) is 0 Å². The summed E-state index contributed by atoms with van der Waals surface area (Å²) >= 11 is 0. The molecule has 0 aromatic heterocycles. The number of benzene rings is 2. The molecule has 2 aromatic rings. The molecule has 0 aliphatic rings. The van der Waals surface area contributed by atoms with Gasteiger partial charge in [-0.1, -0.05) is 24.3 Å². The van der Waals surface area contributed by atoms with Crippen molar-refractivity contribution in [3.63, 3.8) is 0 Å². The van der Waals surface area contributed by atoms with Crippen molar-refractivity contribution in [3.8, 4) is 11.1 Å². The molecular weight excluding hydrogens is 208 g/mol. The molecule has 0 amide bonds. The summed E-state index contributed by atoms with van der Waals surface area (Å²) in [5, 5.41) is 2.77. The number of hydrogen-bond acceptors (Lipinski definition) is 1. The van der Waals surface area contributed by atoms with E-state index in [1.165, 1.54) is 12.1 Å². The molecule has 0 fully saturated rings. The minimum atomic E-state index is -0.325. The van der Waals surface area contributed by atoms with E-state index in [0.717, 1.165) is 0 Å². The van der Waals surface area contributed by atoms with Gasteiger partial charge < -0.3 is 5.32 Å². The van der Waals surface area contributed by atoms with E-state index in [1.807, 2.05) is 0 Å². The van der Waals surface area contributed by atoms with E-state index in [-0.39, 0.29) is 11.6 Å². The van der Waals surface area contributed by atoms with Crippen molar-refractivity contribution >= 4 is 5.69 Å². The Morgan fingerprint density at radius 2 is 1.62 bits per heavy atom. The molecule has 0 bridgehead atoms. The average molecular weight is 219 g/mol. The molecule has 0 radical (unpaired) electrons. The van der Waals surface area contributed by atoms with Crippen LogP contribution in [0.2, 0.25) is 0 Å². The Labute approximate surface area is 92.7 Å². The van der Waals surface area contributed by atoms with Crippen LogP contribution in [0.3, 0.4) is 0 Å². The molecule has 1 nitrogen and oxygen atoms in total. The third-order valence-electron chi connectivity index (χ3n) is 2.42. The molecule has 3 heteroatoms. The van der Waals surface area contributed by atoms with Gasteiger partial charge in [0.1, 0.15) is 5.82 Å². The first-order chi connectivity index (χ1) is 7.72. The zero-order chi connectivity index (χ0) is 11.5. The summed E-state index contributed by atoms with van der Waals surface area (Å²) in [6, 6.07) is 10.8. The first-order valence-corrected chi connectivity index (χ1v) is 4.94. The van der Waals surface area contributed by atoms with E-state index in [2.05, 4.69) is 5.32 Å². The molecule has 1 N–H and O–H groups in total. The predicted molar refractivity (Wildman–Crippen MR) is 61.3 cm³/mol. The summed E-state index contributed by atoms with van der Waals surface area (Å²) in [6.45, 7) is 0. The molecule has 2 aromatic carbocycles. The second-order valence-electron chi connectivity index (χ2n) is 3.42. The molecule has 2 rings (SSSR count). The van der Waals surface area contributed by atoms with Crippen molar-refractivity contribution in [2.75, 3.05) is 12.4 Å². The zero-order valence-corrected chi connectivity index (χ0v) is 8.80. The standard InChI is InChI=1S/C13H11F2N/c1-16-12-4-2-3-11(13(12)15)9-5-7-10(14)8-6-9/h2-8,16H,1H3. The Morgan fingerprint density at radius 1 is 0.938 bits per heavy atom. The van der Waals surface area contributed by atoms with E-state index < -0.39 is 0 Å². The Hall–Kier alpha value is -1.90. The highest BCUT2D eigenvalue weighted by molar-refractivity contribution is 5.69. The predicted octanol–water partition coefficient (Wildman–Crippen LogP) is 3.67. The lowest BCUT2D eigenvalue weighted by Crippen LogP contribution is -1.94. The lowest BCUT2D eigenvalue weighted by Gasteiger charge is -2.07. The number of nitrogens with one attached hydrogen (secondary N) is 1. The van der Waals surface area contributed by atoms with Crippen LogP contribution in [0.4, 0.5) is 14.5 Å². The van der Waals surface area contributed by atoms with Crippen LogP contribution < -0.4 is 5.32 Å². The van der Waals surface area contributed by atoms with Crippen LogP contribution in [0.5, 0.6) is 0 Å². The van der Waals surface area contributed by atoms with Gasteiger partial charge in [0.05, 0.1) is 5.69 Å². The smallest absolute Gasteiger partial charge is 0.154 e. The van der Waals surface area contributed by atoms with Crippen molar-refractivity contribution in [3.05, 3.63) is 54.1 Å². The lowest BCUT2D eigenvalue weighted by atomic mass is 10.0. The quantitative estimate of drug-likeness (QED) is 0.812. The number of hydrogen-bond donors (Lipinski definition) is 1. The molecule has 0 spiro atoms. The first kappa shape index (κ1) is 10.6. The fraction of sp³-hybridized carbons (Fsp3) is 0.0769. The zero-order valence-electron chi connectivity index (χ0n) is 8.80. The van der Waals surface area contributed by atoms with Gasteiger partial charge in [0.25, 0.3) is 0 Å². The summed E-state index contributed by atoms with van der Waals surface area (Å²) in [6.07, 6.45) is 0. The molecule has 0 aliphatic carbocycles. The third kappa shape index (κ3) is 1.89. The van der Waals surface area contributed by atoms with Gasteiger partial charge in [0.2, 0.25) is 0 Å². The maximum atomic E-state index is 13.9. The Kier molecular flexibility index (Phi) is 2.86. The van der Waals surface area contributed by atoms with Crippen LogP contribution in [-0.4, -0.2) is 7.05 Å². The highest BCUT2D eigenvalue weighted by atomic mass is 19.1. The van der Waals surface area contributed by atoms with E-state index in [1.54, 1.807) is 37.4 Å². The van der Waals surface area contributed by atoms with Crippen molar-refractivity contribution in [1.29, 1.82) is 0 Å². The van der Waals surface area contributed by atoms with Crippen LogP contribution in [0.15, 0.2) is 42.5 Å². The maximum Gasteiger partial charge on any atom is 0.154 e. The summed E-state index contributed by atoms with van der Waals surface area (Å²) < 4.78 is 26.6. The fourth-order valence-corrected chi connectivity index (χ4v) is 1.58. The summed E-state index contributed by atoms with van der Waals surface area (Å²) in [5.74, 6) is -0.648. The second-order valence-corrected chi connectivity index (χ2v) is 3.42. The normalized spacial score (nSPS) is 10.2. The molecule has 16 heavy (non-hydrogen) atoms. The van der Waals surface area contributed by atoms with Gasteiger partial charge >= 0.3 is 0 Å². The van der Waals surface area contributed by atoms with E-state index in [0.29, 0.717) is 16.8 Å². The SMILES string of the molecule is CNc1cccc(-c2ccc(F)cc2)c1F. The topological polar surface area (TPSA) is 12.0 Å². The molecule has 0 aliphatic heterocycles. The van der Waals surface area contributed by atoms with Crippen LogP contribution in [0.1, 0.15) is 0 Å². The molecule has 82 valence electrons. The molecule has 0 unspecified atom stereocenters. The number of rotatable bonds is 2. The van der Waals surface area contributed by atoms with Gasteiger partial charge in [-0.2, -0.15) is 0 Å². The fourth-order valence-electron chi connectivity index (χ4n) is 1.58. The Balaban J connectivity index is 2.51. The highest BCUT2D eigenvalue weighted by Crippen LogP contribution is 2.27. The van der Waals surface area contributed by atoms with Crippen LogP contribution in [0.25, 0.3) is 11.1 Å². The van der Waals surface area contributed by atoms with Crippen molar-refractivity contribution in [2.45, 2.75) is 0 Å². The van der Waals surface area contributed by atoms with Crippen LogP contribution in [0, 0.1) is 11.6 Å². The van der Waals surface area contributed by atoms with Gasteiger partial charge in [-0.3, -0.25) is 0 Å². The molecule has 0 saturated carbocycles. The summed E-state index contributed by atoms with van der Waals surface area (Å²) in [5.41, 5.74) is 1.56. The van der Waals surface area contributed by atoms with Gasteiger partial charge in [-0.25, -0.2) is 8.78 Å². The first-order valence-electron chi connectivity index (χ1n) is 4.94. The minimum absolute atomic E-state index is 0.323. The molecule has 0 heterocycles. The van der Waals surface area contributed by atoms with E-state index >= 15 is 0 Å². The summed E-state index contributed by atoms with van der Waals surface area (Å²) in [7, 11) is 1.66. The van der Waals surface area contributed by atoms with Crippen molar-refractivity contribution in [2.24, 2.45) is 0 Å². The van der Waals surface area contributed by atoms with Crippen molar-refractivity contribution in [1.82, 2.24) is 0 Å². The average Bonchev–Trinajstić information content (AvgIpc) is 2.31. The van der Waals surface area contributed by atoms with Crippen molar-refractivity contribution < 1.29 is 8.78 Å². The Bertz CT molecular complexity index is 492. The van der Waals surface area contributed by atoms with E-state index in [4.69, 9.17) is 0 Å². The third-order valence-corrected chi connectivity index (χ3v) is 2.42. The molecular formula is C13H11F2N. The second kappa shape index (κ2) is 4.31. The number of halogens is 2. The van der Waals surface area contributed by atoms with Gasteiger partial charge in [0, 0.05) is 12.6 Å². The van der Waals surface area contributed by atoms with Gasteiger partial charge in [-0.05, 0) is 23.8 Å². The lowest BCUT2D eigenvalue weighted by molar-refractivity contribution is 0.626. The molecule has 0 saturated heterocycles. The monoisotopic (exact) mass is 219 g/mol. The maximum absolute atomic E-state index is 13.9. The van der Waals surface area contributed by atoms with E-state index in [9.17, 15) is 8.78 Å².